The van der Waals surface area contributed by atoms with Crippen LogP contribution < -0.4 is 16.0 Å². The highest BCUT2D eigenvalue weighted by Gasteiger charge is 2.31. The summed E-state index contributed by atoms with van der Waals surface area (Å²) in [4.78, 5) is 50.2. The molecule has 1 aliphatic rings. The van der Waals surface area contributed by atoms with E-state index in [0.29, 0.717) is 31.0 Å². The summed E-state index contributed by atoms with van der Waals surface area (Å²) in [5.41, 5.74) is -0.358. The van der Waals surface area contributed by atoms with Crippen molar-refractivity contribution in [1.29, 1.82) is 0 Å². The summed E-state index contributed by atoms with van der Waals surface area (Å²) >= 11 is 0. The van der Waals surface area contributed by atoms with Crippen LogP contribution in [-0.4, -0.2) is 45.1 Å². The van der Waals surface area contributed by atoms with Crippen LogP contribution in [0.25, 0.3) is 0 Å². The lowest BCUT2D eigenvalue weighted by Crippen LogP contribution is -2.44. The van der Waals surface area contributed by atoms with Crippen molar-refractivity contribution < 1.29 is 23.8 Å². The van der Waals surface area contributed by atoms with Gasteiger partial charge in [-0.1, -0.05) is 37.5 Å². The molecular weight excluding hydrogens is 526 g/mol. The van der Waals surface area contributed by atoms with E-state index < -0.39 is 23.2 Å². The zero-order chi connectivity index (χ0) is 29.8. The highest BCUT2D eigenvalue weighted by Crippen LogP contribution is 2.31. The molecule has 224 valence electrons. The fourth-order valence-electron chi connectivity index (χ4n) is 4.97. The zero-order valence-electron chi connectivity index (χ0n) is 24.7. The number of benzene rings is 1. The van der Waals surface area contributed by atoms with E-state index in [2.05, 4.69) is 5.10 Å². The van der Waals surface area contributed by atoms with Crippen LogP contribution >= 0.6 is 0 Å². The summed E-state index contributed by atoms with van der Waals surface area (Å²) < 4.78 is 18.5. The molecule has 0 bridgehead atoms. The second-order valence-electron chi connectivity index (χ2n) is 10.7. The average Bonchev–Trinajstić information content (AvgIpc) is 3.46. The number of aromatic nitrogens is 3. The Balaban J connectivity index is 1.63. The van der Waals surface area contributed by atoms with E-state index in [-0.39, 0.29) is 24.6 Å². The van der Waals surface area contributed by atoms with Gasteiger partial charge in [0, 0.05) is 18.5 Å². The Morgan fingerprint density at radius 1 is 1.05 bits per heavy atom. The van der Waals surface area contributed by atoms with Crippen LogP contribution in [0.4, 0.5) is 0 Å². The average molecular weight is 570 g/mol. The molecule has 0 radical (unpaired) electrons. The summed E-state index contributed by atoms with van der Waals surface area (Å²) in [5.74, 6) is -0.245. The molecule has 1 fully saturated rings. The highest BCUT2D eigenvalue weighted by atomic mass is 16.6. The van der Waals surface area contributed by atoms with E-state index in [1.54, 1.807) is 27.7 Å². The van der Waals surface area contributed by atoms with Gasteiger partial charge in [0.2, 0.25) is 0 Å². The molecule has 0 unspecified atom stereocenters. The minimum Gasteiger partial charge on any atom is -0.476 e. The lowest BCUT2D eigenvalue weighted by Gasteiger charge is -2.24. The Hall–Kier alpha value is -3.69. The number of hydrogen-bond acceptors (Lipinski definition) is 8. The third-order valence-corrected chi connectivity index (χ3v) is 7.09. The molecule has 1 saturated carbocycles. The molecule has 10 heteroatoms. The van der Waals surface area contributed by atoms with Crippen LogP contribution in [0, 0.1) is 0 Å². The fraction of sp³-hybridized carbons (Fsp3) is 0.581. The number of carbonyl (C=O) groups is 2. The van der Waals surface area contributed by atoms with Gasteiger partial charge in [0.15, 0.2) is 5.60 Å². The Kier molecular flexibility index (Phi) is 11.9. The predicted molar refractivity (Wildman–Crippen MR) is 155 cm³/mol. The number of hydrogen-bond donors (Lipinski definition) is 0. The molecule has 1 heterocycles. The van der Waals surface area contributed by atoms with Crippen molar-refractivity contribution >= 4 is 11.9 Å². The summed E-state index contributed by atoms with van der Waals surface area (Å²) in [6.45, 7) is 7.80. The van der Waals surface area contributed by atoms with Crippen molar-refractivity contribution in [2.75, 3.05) is 13.2 Å². The molecule has 0 saturated heterocycles. The zero-order valence-corrected chi connectivity index (χ0v) is 24.7. The van der Waals surface area contributed by atoms with E-state index in [9.17, 15) is 19.2 Å². The van der Waals surface area contributed by atoms with Gasteiger partial charge >= 0.3 is 17.6 Å². The summed E-state index contributed by atoms with van der Waals surface area (Å²) in [6.07, 6.45) is 9.79. The number of ether oxygens (including phenoxy) is 3. The maximum absolute atomic E-state index is 13.3. The van der Waals surface area contributed by atoms with Crippen molar-refractivity contribution in [3.8, 4) is 5.75 Å². The monoisotopic (exact) mass is 569 g/mol. The SMILES string of the molecule is CCOC(=O)/C=C/Cn1nc(C2CCCC2)c(=O)n(CCCCCc2cccc(OC(C)(C)C(=O)OCC)c2)c1=O. The molecule has 0 amide bonds. The minimum absolute atomic E-state index is 0.0536. The van der Waals surface area contributed by atoms with E-state index in [0.717, 1.165) is 50.5 Å². The van der Waals surface area contributed by atoms with Gasteiger partial charge < -0.3 is 14.2 Å². The Morgan fingerprint density at radius 2 is 1.78 bits per heavy atom. The van der Waals surface area contributed by atoms with Gasteiger partial charge in [-0.15, -0.1) is 0 Å². The van der Waals surface area contributed by atoms with E-state index in [1.165, 1.54) is 21.4 Å². The number of rotatable bonds is 15. The Morgan fingerprint density at radius 3 is 2.49 bits per heavy atom. The van der Waals surface area contributed by atoms with Gasteiger partial charge in [-0.05, 0) is 77.5 Å². The van der Waals surface area contributed by atoms with Crippen molar-refractivity contribution in [3.63, 3.8) is 0 Å². The third kappa shape index (κ3) is 9.16. The lowest BCUT2D eigenvalue weighted by molar-refractivity contribution is -0.158. The van der Waals surface area contributed by atoms with Crippen LogP contribution in [-0.2, 0) is 38.6 Å². The first kappa shape index (κ1) is 31.8. The summed E-state index contributed by atoms with van der Waals surface area (Å²) in [5, 5.41) is 4.42. The molecule has 10 nitrogen and oxygen atoms in total. The van der Waals surface area contributed by atoms with E-state index in [1.807, 2.05) is 24.3 Å². The van der Waals surface area contributed by atoms with Crippen molar-refractivity contribution in [2.45, 2.75) is 104 Å². The van der Waals surface area contributed by atoms with Gasteiger partial charge in [0.05, 0.1) is 19.8 Å². The van der Waals surface area contributed by atoms with Gasteiger partial charge in [-0.2, -0.15) is 5.10 Å². The van der Waals surface area contributed by atoms with E-state index >= 15 is 0 Å². The maximum atomic E-state index is 13.3. The van der Waals surface area contributed by atoms with Crippen LogP contribution in [0.1, 0.15) is 89.8 Å². The third-order valence-electron chi connectivity index (χ3n) is 7.09. The Bertz CT molecular complexity index is 1320. The standard InChI is InChI=1S/C31H43N3O7/c1-5-39-26(35)19-13-21-34-30(38)33(28(36)27(32-34)24-16-9-10-17-24)20-11-7-8-14-23-15-12-18-25(22-23)41-31(3,4)29(37)40-6-2/h12-13,15,18-19,22,24H,5-11,14,16-17,20-21H2,1-4H3/b19-13+. The molecule has 0 aliphatic heterocycles. The van der Waals surface area contributed by atoms with Crippen LogP contribution in [0.2, 0.25) is 0 Å². The van der Waals surface area contributed by atoms with Gasteiger partial charge in [-0.3, -0.25) is 9.36 Å². The molecule has 0 N–H and O–H groups in total. The topological polar surface area (TPSA) is 119 Å². The molecule has 1 aromatic heterocycles. The number of unbranched alkanes of at least 4 members (excludes halogenated alkanes) is 2. The number of nitrogens with zero attached hydrogens (tertiary/aromatic N) is 3. The molecule has 41 heavy (non-hydrogen) atoms. The fourth-order valence-corrected chi connectivity index (χ4v) is 4.97. The second-order valence-corrected chi connectivity index (χ2v) is 10.7. The number of aryl methyl sites for hydroxylation is 1. The molecule has 2 aromatic rings. The molecular formula is C31H43N3O7. The molecule has 1 aromatic carbocycles. The van der Waals surface area contributed by atoms with Crippen molar-refractivity contribution in [2.24, 2.45) is 0 Å². The lowest BCUT2D eigenvalue weighted by atomic mass is 10.0. The summed E-state index contributed by atoms with van der Waals surface area (Å²) in [6, 6.07) is 7.64. The first-order valence-corrected chi connectivity index (χ1v) is 14.7. The predicted octanol–water partition coefficient (Wildman–Crippen LogP) is 4.32. The van der Waals surface area contributed by atoms with E-state index in [4.69, 9.17) is 14.2 Å². The highest BCUT2D eigenvalue weighted by molar-refractivity contribution is 5.81. The molecule has 3 rings (SSSR count). The van der Waals surface area contributed by atoms with Gasteiger partial charge in [0.25, 0.3) is 5.56 Å². The first-order valence-electron chi connectivity index (χ1n) is 14.7. The largest absolute Gasteiger partial charge is 0.476 e. The molecule has 0 spiro atoms. The number of esters is 2. The van der Waals surface area contributed by atoms with Gasteiger partial charge in [0.1, 0.15) is 11.4 Å². The van der Waals surface area contributed by atoms with Crippen LogP contribution in [0.5, 0.6) is 5.75 Å². The van der Waals surface area contributed by atoms with Crippen LogP contribution in [0.15, 0.2) is 46.0 Å². The molecule has 1 aliphatic carbocycles. The van der Waals surface area contributed by atoms with Crippen molar-refractivity contribution in [3.05, 3.63) is 68.5 Å². The van der Waals surface area contributed by atoms with Gasteiger partial charge in [-0.25, -0.2) is 19.1 Å². The Labute approximate surface area is 241 Å². The van der Waals surface area contributed by atoms with Crippen molar-refractivity contribution in [1.82, 2.24) is 14.3 Å². The quantitative estimate of drug-likeness (QED) is 0.177. The summed E-state index contributed by atoms with van der Waals surface area (Å²) in [7, 11) is 0. The maximum Gasteiger partial charge on any atom is 0.349 e. The normalized spacial score (nSPS) is 14.0. The number of allylic oxidation sites excluding steroid dienone is 1. The minimum atomic E-state index is -1.09. The number of carbonyl (C=O) groups excluding carboxylic acids is 2. The smallest absolute Gasteiger partial charge is 0.349 e. The second kappa shape index (κ2) is 15.3. The molecule has 0 atom stereocenters. The first-order chi connectivity index (χ1) is 19.7. The van der Waals surface area contributed by atoms with Crippen LogP contribution in [0.3, 0.4) is 0 Å².